The first-order valence-electron chi connectivity index (χ1n) is 6.92. The van der Waals surface area contributed by atoms with Crippen LogP contribution in [0.2, 0.25) is 0 Å². The van der Waals surface area contributed by atoms with Gasteiger partial charge in [0.2, 0.25) is 5.91 Å². The van der Waals surface area contributed by atoms with Gasteiger partial charge in [-0.2, -0.15) is 0 Å². The zero-order chi connectivity index (χ0) is 13.2. The average Bonchev–Trinajstić information content (AvgIpc) is 3.12. The molecular weight excluding hydrogens is 230 g/mol. The summed E-state index contributed by atoms with van der Waals surface area (Å²) in [6.45, 7) is 8.14. The third-order valence-electron chi connectivity index (χ3n) is 3.84. The Morgan fingerprint density at radius 2 is 2.06 bits per heavy atom. The number of nitrogens with one attached hydrogen (secondary N) is 1. The van der Waals surface area contributed by atoms with Crippen molar-refractivity contribution >= 4 is 5.91 Å². The Hall–Kier alpha value is -0.650. The molecule has 1 saturated heterocycles. The summed E-state index contributed by atoms with van der Waals surface area (Å²) >= 11 is 0. The number of amides is 1. The summed E-state index contributed by atoms with van der Waals surface area (Å²) in [5.41, 5.74) is 5.17. The Kier molecular flexibility index (Phi) is 4.25. The number of carbonyl (C=O) groups excluding carboxylic acids is 1. The topological polar surface area (TPSA) is 67.6 Å². The summed E-state index contributed by atoms with van der Waals surface area (Å²) in [6.07, 6.45) is 2.21. The number of ether oxygens (including phenoxy) is 1. The number of primary amides is 1. The molecule has 2 fully saturated rings. The van der Waals surface area contributed by atoms with Gasteiger partial charge in [0, 0.05) is 25.7 Å². The van der Waals surface area contributed by atoms with E-state index in [1.54, 1.807) is 0 Å². The van der Waals surface area contributed by atoms with Crippen molar-refractivity contribution in [2.24, 2.45) is 11.7 Å². The van der Waals surface area contributed by atoms with Crippen molar-refractivity contribution in [1.82, 2.24) is 10.2 Å². The van der Waals surface area contributed by atoms with Gasteiger partial charge < -0.3 is 10.5 Å². The van der Waals surface area contributed by atoms with Crippen molar-refractivity contribution in [3.05, 3.63) is 0 Å². The second-order valence-electron chi connectivity index (χ2n) is 5.80. The fraction of sp³-hybridized carbons (Fsp3) is 0.923. The van der Waals surface area contributed by atoms with Gasteiger partial charge in [-0.3, -0.25) is 15.0 Å². The summed E-state index contributed by atoms with van der Waals surface area (Å²) in [5, 5.41) is 3.45. The van der Waals surface area contributed by atoms with Crippen LogP contribution in [0.3, 0.4) is 0 Å². The standard InChI is InChI=1S/C13H25N3O2/c1-10(2)15-13(12(14)17,11-3-4-11)9-16-5-7-18-8-6-16/h10-11,15H,3-9H2,1-2H3,(H2,14,17). The third kappa shape index (κ3) is 3.02. The van der Waals surface area contributed by atoms with Gasteiger partial charge >= 0.3 is 0 Å². The number of nitrogens with zero attached hydrogens (tertiary/aromatic N) is 1. The lowest BCUT2D eigenvalue weighted by atomic mass is 9.90. The molecule has 1 heterocycles. The van der Waals surface area contributed by atoms with Crippen molar-refractivity contribution in [1.29, 1.82) is 0 Å². The van der Waals surface area contributed by atoms with Gasteiger partial charge in [-0.05, 0) is 32.6 Å². The van der Waals surface area contributed by atoms with E-state index in [0.29, 0.717) is 12.5 Å². The second-order valence-corrected chi connectivity index (χ2v) is 5.80. The molecule has 2 rings (SSSR count). The second kappa shape index (κ2) is 5.55. The first-order chi connectivity index (χ1) is 8.54. The zero-order valence-electron chi connectivity index (χ0n) is 11.4. The molecule has 1 saturated carbocycles. The highest BCUT2D eigenvalue weighted by molar-refractivity contribution is 5.86. The lowest BCUT2D eigenvalue weighted by Gasteiger charge is -2.39. The van der Waals surface area contributed by atoms with Gasteiger partial charge in [0.1, 0.15) is 5.54 Å². The zero-order valence-corrected chi connectivity index (χ0v) is 11.4. The molecule has 0 aromatic rings. The molecule has 2 aliphatic rings. The quantitative estimate of drug-likeness (QED) is 0.698. The summed E-state index contributed by atoms with van der Waals surface area (Å²) in [4.78, 5) is 14.3. The number of hydrogen-bond donors (Lipinski definition) is 2. The SMILES string of the molecule is CC(C)NC(CN1CCOCC1)(C(N)=O)C1CC1. The van der Waals surface area contributed by atoms with Crippen LogP contribution in [-0.4, -0.2) is 55.2 Å². The maximum Gasteiger partial charge on any atom is 0.239 e. The predicted molar refractivity (Wildman–Crippen MR) is 70.2 cm³/mol. The normalized spacial score (nSPS) is 25.1. The number of nitrogens with two attached hydrogens (primary N) is 1. The Bertz CT molecular complexity index is 299. The molecule has 104 valence electrons. The van der Waals surface area contributed by atoms with Crippen LogP contribution in [-0.2, 0) is 9.53 Å². The minimum Gasteiger partial charge on any atom is -0.379 e. The van der Waals surface area contributed by atoms with Crippen LogP contribution < -0.4 is 11.1 Å². The van der Waals surface area contributed by atoms with E-state index < -0.39 is 5.54 Å². The summed E-state index contributed by atoms with van der Waals surface area (Å²) < 4.78 is 5.35. The monoisotopic (exact) mass is 255 g/mol. The van der Waals surface area contributed by atoms with Gasteiger partial charge in [0.15, 0.2) is 0 Å². The van der Waals surface area contributed by atoms with Crippen LogP contribution in [0.5, 0.6) is 0 Å². The Balaban J connectivity index is 2.08. The van der Waals surface area contributed by atoms with Crippen LogP contribution in [0.4, 0.5) is 0 Å². The van der Waals surface area contributed by atoms with Crippen molar-refractivity contribution in [2.45, 2.75) is 38.3 Å². The van der Waals surface area contributed by atoms with E-state index in [4.69, 9.17) is 10.5 Å². The Morgan fingerprint density at radius 1 is 1.44 bits per heavy atom. The highest BCUT2D eigenvalue weighted by Gasteiger charge is 2.50. The largest absolute Gasteiger partial charge is 0.379 e. The van der Waals surface area contributed by atoms with Crippen LogP contribution in [0.1, 0.15) is 26.7 Å². The van der Waals surface area contributed by atoms with Gasteiger partial charge in [0.05, 0.1) is 13.2 Å². The van der Waals surface area contributed by atoms with Crippen molar-refractivity contribution in [3.63, 3.8) is 0 Å². The molecule has 0 spiro atoms. The molecule has 0 aromatic heterocycles. The van der Waals surface area contributed by atoms with E-state index >= 15 is 0 Å². The summed E-state index contributed by atoms with van der Waals surface area (Å²) in [5.74, 6) is 0.199. The van der Waals surface area contributed by atoms with E-state index in [9.17, 15) is 4.79 Å². The molecule has 5 nitrogen and oxygen atoms in total. The fourth-order valence-corrected chi connectivity index (χ4v) is 2.85. The van der Waals surface area contributed by atoms with E-state index in [-0.39, 0.29) is 11.9 Å². The van der Waals surface area contributed by atoms with Gasteiger partial charge in [-0.1, -0.05) is 0 Å². The maximum atomic E-state index is 12.0. The summed E-state index contributed by atoms with van der Waals surface area (Å²) in [6, 6.07) is 0.263. The van der Waals surface area contributed by atoms with Crippen LogP contribution in [0.15, 0.2) is 0 Å². The van der Waals surface area contributed by atoms with Crippen molar-refractivity contribution in [3.8, 4) is 0 Å². The van der Waals surface area contributed by atoms with E-state index in [0.717, 1.165) is 39.1 Å². The van der Waals surface area contributed by atoms with Crippen molar-refractivity contribution in [2.75, 3.05) is 32.8 Å². The maximum absolute atomic E-state index is 12.0. The van der Waals surface area contributed by atoms with E-state index in [2.05, 4.69) is 24.1 Å². The number of rotatable bonds is 6. The van der Waals surface area contributed by atoms with Gasteiger partial charge in [0.25, 0.3) is 0 Å². The highest BCUT2D eigenvalue weighted by atomic mass is 16.5. The summed E-state index contributed by atoms with van der Waals surface area (Å²) in [7, 11) is 0. The first kappa shape index (κ1) is 13.8. The predicted octanol–water partition coefficient (Wildman–Crippen LogP) is -0.0493. The molecule has 1 aliphatic carbocycles. The molecule has 1 unspecified atom stereocenters. The van der Waals surface area contributed by atoms with Gasteiger partial charge in [-0.25, -0.2) is 0 Å². The minimum absolute atomic E-state index is 0.204. The van der Waals surface area contributed by atoms with E-state index in [1.807, 2.05) is 0 Å². The molecule has 0 aromatic carbocycles. The third-order valence-corrected chi connectivity index (χ3v) is 3.84. The lowest BCUT2D eigenvalue weighted by molar-refractivity contribution is -0.127. The number of morpholine rings is 1. The van der Waals surface area contributed by atoms with Crippen LogP contribution in [0, 0.1) is 5.92 Å². The number of hydrogen-bond acceptors (Lipinski definition) is 4. The number of carbonyl (C=O) groups is 1. The smallest absolute Gasteiger partial charge is 0.239 e. The molecular formula is C13H25N3O2. The molecule has 0 bridgehead atoms. The average molecular weight is 255 g/mol. The van der Waals surface area contributed by atoms with Crippen LogP contribution >= 0.6 is 0 Å². The Morgan fingerprint density at radius 3 is 2.50 bits per heavy atom. The molecule has 1 aliphatic heterocycles. The minimum atomic E-state index is -0.550. The first-order valence-corrected chi connectivity index (χ1v) is 6.92. The molecule has 1 amide bonds. The molecule has 0 radical (unpaired) electrons. The van der Waals surface area contributed by atoms with Gasteiger partial charge in [-0.15, -0.1) is 0 Å². The molecule has 5 heteroatoms. The van der Waals surface area contributed by atoms with E-state index in [1.165, 1.54) is 0 Å². The highest BCUT2D eigenvalue weighted by Crippen LogP contribution is 2.40. The van der Waals surface area contributed by atoms with Crippen LogP contribution in [0.25, 0.3) is 0 Å². The lowest BCUT2D eigenvalue weighted by Crippen LogP contribution is -2.65. The molecule has 18 heavy (non-hydrogen) atoms. The fourth-order valence-electron chi connectivity index (χ4n) is 2.85. The molecule has 1 atom stereocenters. The Labute approximate surface area is 109 Å². The molecule has 3 N–H and O–H groups in total. The van der Waals surface area contributed by atoms with Crippen molar-refractivity contribution < 1.29 is 9.53 Å².